The van der Waals surface area contributed by atoms with Crippen molar-refractivity contribution in [1.82, 2.24) is 0 Å². The van der Waals surface area contributed by atoms with Crippen molar-refractivity contribution in [2.24, 2.45) is 0 Å². The second kappa shape index (κ2) is 8.33. The van der Waals surface area contributed by atoms with E-state index in [0.29, 0.717) is 0 Å². The monoisotopic (exact) mass is 312 g/mol. The summed E-state index contributed by atoms with van der Waals surface area (Å²) in [6.45, 7) is 0. The number of esters is 4. The molecule has 0 atom stereocenters. The minimum Gasteiger partial charge on any atom is -0.392 e. The molecule has 0 fully saturated rings. The Morgan fingerprint density at radius 2 is 0.842 bits per heavy atom. The standard InChI is InChI=1S/C9H6Cl2O8/c10-4(12)1-6(14)18-8(16)3-9(17)19-7(15)2-5(11)13/h1-3H2. The predicted molar refractivity (Wildman–Crippen MR) is 57.8 cm³/mol. The number of carbonyl (C=O) groups excluding carboxylic acids is 6. The molecule has 104 valence electrons. The summed E-state index contributed by atoms with van der Waals surface area (Å²) in [5, 5.41) is -2.09. The molecule has 0 radical (unpaired) electrons. The number of hydrogen-bond acceptors (Lipinski definition) is 8. The molecular weight excluding hydrogens is 307 g/mol. The third-order valence-electron chi connectivity index (χ3n) is 1.31. The first-order valence-corrected chi connectivity index (χ1v) is 5.30. The van der Waals surface area contributed by atoms with Crippen LogP contribution in [0.4, 0.5) is 0 Å². The SMILES string of the molecule is O=C(Cl)CC(=O)OC(=O)CC(=O)OC(=O)CC(=O)Cl. The molecule has 0 aliphatic heterocycles. The second-order valence-electron chi connectivity index (χ2n) is 2.93. The zero-order valence-electron chi connectivity index (χ0n) is 9.14. The Hall–Kier alpha value is -1.80. The molecule has 0 saturated carbocycles. The van der Waals surface area contributed by atoms with Gasteiger partial charge in [0.25, 0.3) is 0 Å². The first-order valence-electron chi connectivity index (χ1n) is 4.54. The Kier molecular flexibility index (Phi) is 7.54. The summed E-state index contributed by atoms with van der Waals surface area (Å²) in [7, 11) is 0. The second-order valence-corrected chi connectivity index (χ2v) is 3.78. The summed E-state index contributed by atoms with van der Waals surface area (Å²) >= 11 is 9.69. The van der Waals surface area contributed by atoms with Crippen LogP contribution in [0.15, 0.2) is 0 Å². The van der Waals surface area contributed by atoms with Crippen LogP contribution in [-0.4, -0.2) is 34.4 Å². The van der Waals surface area contributed by atoms with E-state index < -0.39 is 53.6 Å². The van der Waals surface area contributed by atoms with Gasteiger partial charge in [-0.15, -0.1) is 0 Å². The average molecular weight is 313 g/mol. The first kappa shape index (κ1) is 17.2. The third-order valence-corrected chi connectivity index (χ3v) is 1.58. The van der Waals surface area contributed by atoms with Crippen molar-refractivity contribution in [2.45, 2.75) is 19.3 Å². The van der Waals surface area contributed by atoms with Crippen LogP contribution in [0.25, 0.3) is 0 Å². The Morgan fingerprint density at radius 1 is 0.579 bits per heavy atom. The van der Waals surface area contributed by atoms with Crippen LogP contribution in [0.1, 0.15) is 19.3 Å². The van der Waals surface area contributed by atoms with E-state index in [9.17, 15) is 28.8 Å². The molecular formula is C9H6Cl2O8. The number of ether oxygens (including phenoxy) is 2. The van der Waals surface area contributed by atoms with E-state index in [0.717, 1.165) is 0 Å². The molecule has 0 amide bonds. The van der Waals surface area contributed by atoms with Gasteiger partial charge in [0.05, 0.1) is 0 Å². The lowest BCUT2D eigenvalue weighted by molar-refractivity contribution is -0.165. The number of hydrogen-bond donors (Lipinski definition) is 0. The maximum absolute atomic E-state index is 10.9. The summed E-state index contributed by atoms with van der Waals surface area (Å²) in [6, 6.07) is 0. The van der Waals surface area contributed by atoms with E-state index in [-0.39, 0.29) is 0 Å². The van der Waals surface area contributed by atoms with E-state index in [4.69, 9.17) is 23.2 Å². The van der Waals surface area contributed by atoms with Crippen molar-refractivity contribution in [2.75, 3.05) is 0 Å². The predicted octanol–water partition coefficient (Wildman–Crippen LogP) is -0.173. The van der Waals surface area contributed by atoms with Gasteiger partial charge in [-0.3, -0.25) is 28.8 Å². The van der Waals surface area contributed by atoms with Gasteiger partial charge in [-0.2, -0.15) is 0 Å². The van der Waals surface area contributed by atoms with Crippen molar-refractivity contribution >= 4 is 57.6 Å². The quantitative estimate of drug-likeness (QED) is 0.376. The number of carbonyl (C=O) groups is 6. The van der Waals surface area contributed by atoms with Crippen molar-refractivity contribution < 1.29 is 38.2 Å². The Balaban J connectivity index is 4.09. The highest BCUT2D eigenvalue weighted by Crippen LogP contribution is 1.99. The van der Waals surface area contributed by atoms with Crippen LogP contribution in [0.3, 0.4) is 0 Å². The molecule has 0 bridgehead atoms. The first-order chi connectivity index (χ1) is 8.70. The van der Waals surface area contributed by atoms with Crippen LogP contribution >= 0.6 is 23.2 Å². The van der Waals surface area contributed by atoms with Gasteiger partial charge in [0.2, 0.25) is 10.5 Å². The molecule has 0 aromatic heterocycles. The van der Waals surface area contributed by atoms with Crippen molar-refractivity contribution in [3.05, 3.63) is 0 Å². The topological polar surface area (TPSA) is 121 Å². The lowest BCUT2D eigenvalue weighted by atomic mass is 10.4. The van der Waals surface area contributed by atoms with Gasteiger partial charge in [-0.1, -0.05) is 0 Å². The van der Waals surface area contributed by atoms with Gasteiger partial charge in [0.15, 0.2) is 0 Å². The highest BCUT2D eigenvalue weighted by Gasteiger charge is 2.20. The van der Waals surface area contributed by atoms with Crippen molar-refractivity contribution in [1.29, 1.82) is 0 Å². The third kappa shape index (κ3) is 9.86. The molecule has 0 N–H and O–H groups in total. The maximum atomic E-state index is 10.9. The molecule has 10 heteroatoms. The molecule has 0 spiro atoms. The molecule has 0 rings (SSSR count). The average Bonchev–Trinajstić information content (AvgIpc) is 2.12. The van der Waals surface area contributed by atoms with Crippen molar-refractivity contribution in [3.63, 3.8) is 0 Å². The van der Waals surface area contributed by atoms with Crippen LogP contribution in [0, 0.1) is 0 Å². The van der Waals surface area contributed by atoms with Gasteiger partial charge in [-0.25, -0.2) is 0 Å². The zero-order chi connectivity index (χ0) is 15.0. The summed E-state index contributed by atoms with van der Waals surface area (Å²) in [5.74, 6) is -5.17. The molecule has 0 heterocycles. The molecule has 8 nitrogen and oxygen atoms in total. The fourth-order valence-electron chi connectivity index (χ4n) is 0.743. The number of rotatable bonds is 6. The Labute approximate surface area is 115 Å². The zero-order valence-corrected chi connectivity index (χ0v) is 10.7. The van der Waals surface area contributed by atoms with Crippen LogP contribution in [0.5, 0.6) is 0 Å². The van der Waals surface area contributed by atoms with Crippen LogP contribution in [0.2, 0.25) is 0 Å². The fraction of sp³-hybridized carbons (Fsp3) is 0.333. The minimum atomic E-state index is -1.34. The molecule has 0 aromatic rings. The summed E-state index contributed by atoms with van der Waals surface area (Å²) < 4.78 is 8.01. The molecule has 19 heavy (non-hydrogen) atoms. The maximum Gasteiger partial charge on any atom is 0.324 e. The lowest BCUT2D eigenvalue weighted by Crippen LogP contribution is -2.21. The minimum absolute atomic E-state index is 0.845. The fourth-order valence-corrected chi connectivity index (χ4v) is 0.961. The van der Waals surface area contributed by atoms with Crippen LogP contribution < -0.4 is 0 Å². The van der Waals surface area contributed by atoms with Gasteiger partial charge >= 0.3 is 23.9 Å². The Bertz CT molecular complexity index is 402. The summed E-state index contributed by atoms with van der Waals surface area (Å²) in [5.41, 5.74) is 0. The largest absolute Gasteiger partial charge is 0.392 e. The van der Waals surface area contributed by atoms with E-state index in [2.05, 4.69) is 9.47 Å². The van der Waals surface area contributed by atoms with Gasteiger partial charge < -0.3 is 9.47 Å². The molecule has 0 aromatic carbocycles. The molecule has 0 aliphatic rings. The summed E-state index contributed by atoms with van der Waals surface area (Å²) in [4.78, 5) is 64.0. The lowest BCUT2D eigenvalue weighted by Gasteiger charge is -2.01. The van der Waals surface area contributed by atoms with Gasteiger partial charge in [0, 0.05) is 0 Å². The Morgan fingerprint density at radius 3 is 1.11 bits per heavy atom. The normalized spacial score (nSPS) is 9.37. The van der Waals surface area contributed by atoms with E-state index >= 15 is 0 Å². The van der Waals surface area contributed by atoms with E-state index in [1.807, 2.05) is 0 Å². The van der Waals surface area contributed by atoms with Gasteiger partial charge in [-0.05, 0) is 23.2 Å². The van der Waals surface area contributed by atoms with E-state index in [1.165, 1.54) is 0 Å². The smallest absolute Gasteiger partial charge is 0.324 e. The highest BCUT2D eigenvalue weighted by molar-refractivity contribution is 6.65. The summed E-state index contributed by atoms with van der Waals surface area (Å²) in [6.07, 6.45) is -2.74. The van der Waals surface area contributed by atoms with Gasteiger partial charge in [0.1, 0.15) is 19.3 Å². The molecule has 0 unspecified atom stereocenters. The highest BCUT2D eigenvalue weighted by atomic mass is 35.5. The van der Waals surface area contributed by atoms with Crippen molar-refractivity contribution in [3.8, 4) is 0 Å². The number of halogens is 2. The van der Waals surface area contributed by atoms with Crippen LogP contribution in [-0.2, 0) is 38.2 Å². The van der Waals surface area contributed by atoms with E-state index in [1.54, 1.807) is 0 Å². The molecule has 0 saturated heterocycles. The molecule has 0 aliphatic carbocycles.